The molecule has 0 radical (unpaired) electrons. The second-order valence-electron chi connectivity index (χ2n) is 6.41. The van der Waals surface area contributed by atoms with Gasteiger partial charge in [-0.05, 0) is 17.7 Å². The fraction of sp³-hybridized carbons (Fsp3) is 0.294. The molecular formula is C17H14F4N4O6S. The highest BCUT2D eigenvalue weighted by molar-refractivity contribution is 7.89. The predicted molar refractivity (Wildman–Crippen MR) is 99.6 cm³/mol. The number of aromatic nitrogens is 2. The number of halogens is 4. The number of amides is 1. The molecule has 10 nitrogen and oxygen atoms in total. The van der Waals surface area contributed by atoms with Gasteiger partial charge in [0.25, 0.3) is 11.5 Å². The van der Waals surface area contributed by atoms with Crippen molar-refractivity contribution in [2.24, 2.45) is 7.05 Å². The Morgan fingerprint density at radius 3 is 2.41 bits per heavy atom. The monoisotopic (exact) mass is 478 g/mol. The Bertz CT molecular complexity index is 1340. The van der Waals surface area contributed by atoms with E-state index < -0.39 is 63.8 Å². The first-order chi connectivity index (χ1) is 14.7. The summed E-state index contributed by atoms with van der Waals surface area (Å²) in [5.41, 5.74) is -5.69. The molecule has 1 aromatic heterocycles. The summed E-state index contributed by atoms with van der Waals surface area (Å²) in [5, 5.41) is 9.15. The summed E-state index contributed by atoms with van der Waals surface area (Å²) < 4.78 is 82.3. The van der Waals surface area contributed by atoms with Crippen LogP contribution in [-0.2, 0) is 39.4 Å². The molecule has 0 fully saturated rings. The number of nitriles is 1. The van der Waals surface area contributed by atoms with E-state index in [9.17, 15) is 40.4 Å². The highest BCUT2D eigenvalue weighted by atomic mass is 32.2. The van der Waals surface area contributed by atoms with Crippen molar-refractivity contribution < 1.29 is 35.5 Å². The molecule has 32 heavy (non-hydrogen) atoms. The van der Waals surface area contributed by atoms with Crippen LogP contribution >= 0.6 is 0 Å². The van der Waals surface area contributed by atoms with Gasteiger partial charge in [-0.25, -0.2) is 22.2 Å². The molecule has 0 saturated carbocycles. The lowest BCUT2D eigenvalue weighted by atomic mass is 10.1. The number of hydrogen-bond donors (Lipinski definition) is 1. The molecule has 0 atom stereocenters. The van der Waals surface area contributed by atoms with Crippen molar-refractivity contribution in [3.8, 4) is 11.8 Å². The summed E-state index contributed by atoms with van der Waals surface area (Å²) in [5.74, 6) is -2.29. The summed E-state index contributed by atoms with van der Waals surface area (Å²) in [6.07, 6.45) is -4.28. The average molecular weight is 478 g/mol. The van der Waals surface area contributed by atoms with Crippen molar-refractivity contribution in [3.63, 3.8) is 0 Å². The number of ether oxygens (including phenoxy) is 1. The first-order valence-corrected chi connectivity index (χ1v) is 10.3. The van der Waals surface area contributed by atoms with E-state index in [1.165, 1.54) is 0 Å². The minimum Gasteiger partial charge on any atom is -0.367 e. The number of alkyl halides is 3. The molecule has 1 heterocycles. The number of sulfonamides is 1. The molecule has 1 amide bonds. The molecule has 2 rings (SSSR count). The Kier molecular flexibility index (Phi) is 6.90. The maximum Gasteiger partial charge on any atom is 0.431 e. The van der Waals surface area contributed by atoms with Gasteiger partial charge in [0, 0.05) is 13.1 Å². The molecule has 0 aliphatic heterocycles. The lowest BCUT2D eigenvalue weighted by Crippen LogP contribution is -2.41. The van der Waals surface area contributed by atoms with Crippen LogP contribution in [0, 0.1) is 17.1 Å². The largest absolute Gasteiger partial charge is 0.431 e. The molecular weight excluding hydrogens is 464 g/mol. The van der Waals surface area contributed by atoms with Crippen molar-refractivity contribution in [2.75, 3.05) is 12.9 Å². The molecule has 172 valence electrons. The van der Waals surface area contributed by atoms with Gasteiger partial charge in [-0.15, -0.1) is 0 Å². The summed E-state index contributed by atoms with van der Waals surface area (Å²) >= 11 is 0. The van der Waals surface area contributed by atoms with Crippen molar-refractivity contribution in [1.82, 2.24) is 13.9 Å². The molecule has 0 aliphatic rings. The maximum absolute atomic E-state index is 14.5. The van der Waals surface area contributed by atoms with E-state index in [4.69, 9.17) is 10.00 Å². The van der Waals surface area contributed by atoms with Crippen LogP contribution in [0.3, 0.4) is 0 Å². The fourth-order valence-electron chi connectivity index (χ4n) is 2.61. The molecule has 1 N–H and O–H groups in total. The van der Waals surface area contributed by atoms with Gasteiger partial charge in [-0.2, -0.15) is 18.4 Å². The van der Waals surface area contributed by atoms with Crippen LogP contribution < -0.4 is 16.0 Å². The van der Waals surface area contributed by atoms with E-state index in [0.717, 1.165) is 19.4 Å². The van der Waals surface area contributed by atoms with E-state index >= 15 is 0 Å². The lowest BCUT2D eigenvalue weighted by Gasteiger charge is -2.15. The van der Waals surface area contributed by atoms with E-state index in [0.29, 0.717) is 6.07 Å². The Morgan fingerprint density at radius 2 is 1.88 bits per heavy atom. The van der Waals surface area contributed by atoms with Gasteiger partial charge in [-0.3, -0.25) is 18.9 Å². The van der Waals surface area contributed by atoms with Crippen molar-refractivity contribution >= 4 is 15.9 Å². The maximum atomic E-state index is 14.5. The molecule has 15 heteroatoms. The fourth-order valence-corrected chi connectivity index (χ4v) is 3.08. The normalized spacial score (nSPS) is 11.8. The molecule has 0 saturated heterocycles. The van der Waals surface area contributed by atoms with Crippen molar-refractivity contribution in [1.29, 1.82) is 5.26 Å². The zero-order valence-electron chi connectivity index (χ0n) is 16.4. The summed E-state index contributed by atoms with van der Waals surface area (Å²) in [4.78, 5) is 36.0. The third kappa shape index (κ3) is 5.59. The highest BCUT2D eigenvalue weighted by Crippen LogP contribution is 2.27. The van der Waals surface area contributed by atoms with Gasteiger partial charge in [0.05, 0.1) is 30.2 Å². The Balaban J connectivity index is 2.49. The summed E-state index contributed by atoms with van der Waals surface area (Å²) in [6, 6.07) is 3.21. The second kappa shape index (κ2) is 8.93. The number of nitrogens with one attached hydrogen (secondary N) is 1. The number of carbonyl (C=O) groups is 1. The summed E-state index contributed by atoms with van der Waals surface area (Å²) in [7, 11) is -3.10. The lowest BCUT2D eigenvalue weighted by molar-refractivity contribution is -0.144. The van der Waals surface area contributed by atoms with Gasteiger partial charge in [0.1, 0.15) is 18.1 Å². The van der Waals surface area contributed by atoms with Crippen molar-refractivity contribution in [2.45, 2.75) is 12.8 Å². The molecule has 2 aromatic rings. The second-order valence-corrected chi connectivity index (χ2v) is 8.15. The number of carbonyl (C=O) groups excluding carboxylic acids is 1. The van der Waals surface area contributed by atoms with Gasteiger partial charge >= 0.3 is 11.9 Å². The van der Waals surface area contributed by atoms with Crippen molar-refractivity contribution in [3.05, 3.63) is 61.7 Å². The zero-order valence-corrected chi connectivity index (χ0v) is 17.2. The average Bonchev–Trinajstić information content (AvgIpc) is 2.64. The SMILES string of the molecule is Cn1c(C(F)(F)F)cc(=O)n(-c2cc(COCC(=O)NS(C)(=O)=O)c(C#N)cc2F)c1=O. The standard InChI is InChI=1S/C17H14F4N4O6S/c1-24-13(17(19,20)21)5-15(27)25(16(24)28)12-4-10(9(6-22)3-11(12)18)7-31-8-14(26)23-32(2,29)30/h3-5H,7-8H2,1-2H3,(H,23,26). The summed E-state index contributed by atoms with van der Waals surface area (Å²) in [6.45, 7) is -1.32. The topological polar surface area (TPSA) is 140 Å². The molecule has 0 bridgehead atoms. The van der Waals surface area contributed by atoms with E-state index in [1.54, 1.807) is 10.8 Å². The van der Waals surface area contributed by atoms with Gasteiger partial charge in [-0.1, -0.05) is 0 Å². The van der Waals surface area contributed by atoms with Crippen LogP contribution in [0.5, 0.6) is 0 Å². The quantitative estimate of drug-likeness (QED) is 0.583. The minimum atomic E-state index is -5.01. The first kappa shape index (κ1) is 24.8. The third-order valence-corrected chi connectivity index (χ3v) is 4.53. The zero-order chi connectivity index (χ0) is 24.4. The van der Waals surface area contributed by atoms with Crippen LogP contribution in [-0.4, -0.2) is 36.3 Å². The van der Waals surface area contributed by atoms with E-state index in [-0.39, 0.29) is 26.3 Å². The van der Waals surface area contributed by atoms with Crippen LogP contribution in [0.4, 0.5) is 17.6 Å². The number of benzene rings is 1. The van der Waals surface area contributed by atoms with Gasteiger partial charge < -0.3 is 4.74 Å². The Labute approximate surface area is 177 Å². The van der Waals surface area contributed by atoms with Crippen LogP contribution in [0.15, 0.2) is 27.8 Å². The number of hydrogen-bond acceptors (Lipinski definition) is 7. The molecule has 0 spiro atoms. The molecule has 0 unspecified atom stereocenters. The molecule has 1 aromatic carbocycles. The van der Waals surface area contributed by atoms with E-state index in [1.807, 2.05) is 0 Å². The Hall–Kier alpha value is -3.51. The van der Waals surface area contributed by atoms with Crippen LogP contribution in [0.2, 0.25) is 0 Å². The minimum absolute atomic E-state index is 0.116. The van der Waals surface area contributed by atoms with Crippen LogP contribution in [0.1, 0.15) is 16.8 Å². The molecule has 0 aliphatic carbocycles. The number of nitrogens with zero attached hydrogens (tertiary/aromatic N) is 3. The van der Waals surface area contributed by atoms with Gasteiger partial charge in [0.2, 0.25) is 10.0 Å². The van der Waals surface area contributed by atoms with E-state index in [2.05, 4.69) is 0 Å². The predicted octanol–water partition coefficient (Wildman–Crippen LogP) is 0.158. The van der Waals surface area contributed by atoms with Crippen LogP contribution in [0.25, 0.3) is 5.69 Å². The number of rotatable bonds is 6. The highest BCUT2D eigenvalue weighted by Gasteiger charge is 2.35. The third-order valence-electron chi connectivity index (χ3n) is 3.93. The van der Waals surface area contributed by atoms with Gasteiger partial charge in [0.15, 0.2) is 0 Å². The first-order valence-electron chi connectivity index (χ1n) is 8.37. The smallest absolute Gasteiger partial charge is 0.367 e. The Morgan fingerprint density at radius 1 is 1.25 bits per heavy atom.